The van der Waals surface area contributed by atoms with E-state index in [0.29, 0.717) is 12.3 Å². The molecule has 0 aliphatic heterocycles. The second-order valence-corrected chi connectivity index (χ2v) is 4.99. The van der Waals surface area contributed by atoms with Crippen molar-refractivity contribution in [1.29, 1.82) is 0 Å². The summed E-state index contributed by atoms with van der Waals surface area (Å²) in [6.45, 7) is 4.33. The van der Waals surface area contributed by atoms with Crippen LogP contribution in [0.15, 0.2) is 28.8 Å². The average Bonchev–Trinajstić information content (AvgIpc) is 2.98. The van der Waals surface area contributed by atoms with Gasteiger partial charge >= 0.3 is 0 Å². The van der Waals surface area contributed by atoms with Gasteiger partial charge in [0.1, 0.15) is 5.75 Å². The molecule has 1 aromatic carbocycles. The standard InChI is InChI=1S/C16H22N2O3/c1-3-5-6-15-17-16(21-18-15)11-20-13-9-7-12(8-10-13)14(19)4-2/h7-10,14,19H,3-6,11H2,1-2H3. The van der Waals surface area contributed by atoms with E-state index >= 15 is 0 Å². The van der Waals surface area contributed by atoms with Crippen LogP contribution in [0, 0.1) is 0 Å². The Labute approximate surface area is 125 Å². The van der Waals surface area contributed by atoms with Gasteiger partial charge in [0, 0.05) is 6.42 Å². The zero-order chi connectivity index (χ0) is 15.1. The Hall–Kier alpha value is -1.88. The normalized spacial score (nSPS) is 12.3. The van der Waals surface area contributed by atoms with Crippen molar-refractivity contribution < 1.29 is 14.4 Å². The molecule has 21 heavy (non-hydrogen) atoms. The zero-order valence-electron chi connectivity index (χ0n) is 12.6. The maximum absolute atomic E-state index is 9.73. The third-order valence-electron chi connectivity index (χ3n) is 3.28. The van der Waals surface area contributed by atoms with Crippen molar-refractivity contribution >= 4 is 0 Å². The van der Waals surface area contributed by atoms with Crippen LogP contribution in [0.25, 0.3) is 0 Å². The molecule has 0 saturated heterocycles. The maximum Gasteiger partial charge on any atom is 0.264 e. The molecule has 2 rings (SSSR count). The first-order valence-electron chi connectivity index (χ1n) is 7.45. The number of ether oxygens (including phenoxy) is 1. The van der Waals surface area contributed by atoms with Crippen molar-refractivity contribution in [2.45, 2.75) is 52.2 Å². The first-order chi connectivity index (χ1) is 10.2. The lowest BCUT2D eigenvalue weighted by Gasteiger charge is -2.09. The van der Waals surface area contributed by atoms with E-state index in [2.05, 4.69) is 17.1 Å². The lowest BCUT2D eigenvalue weighted by molar-refractivity contribution is 0.173. The van der Waals surface area contributed by atoms with E-state index in [-0.39, 0.29) is 6.61 Å². The van der Waals surface area contributed by atoms with Crippen LogP contribution in [0.1, 0.15) is 56.5 Å². The highest BCUT2D eigenvalue weighted by molar-refractivity contribution is 5.28. The van der Waals surface area contributed by atoms with Crippen molar-refractivity contribution in [1.82, 2.24) is 10.1 Å². The summed E-state index contributed by atoms with van der Waals surface area (Å²) in [5.74, 6) is 1.94. The Morgan fingerprint density at radius 3 is 2.67 bits per heavy atom. The minimum atomic E-state index is -0.420. The van der Waals surface area contributed by atoms with Crippen LogP contribution in [0.2, 0.25) is 0 Å². The number of unbranched alkanes of at least 4 members (excludes halogenated alkanes) is 1. The van der Waals surface area contributed by atoms with Gasteiger partial charge in [0.15, 0.2) is 12.4 Å². The molecular weight excluding hydrogens is 268 g/mol. The first kappa shape index (κ1) is 15.5. The highest BCUT2D eigenvalue weighted by atomic mass is 16.5. The molecule has 1 N–H and O–H groups in total. The van der Waals surface area contributed by atoms with Crippen LogP contribution in [-0.2, 0) is 13.0 Å². The molecule has 5 heteroatoms. The molecule has 0 fully saturated rings. The van der Waals surface area contributed by atoms with Crippen LogP contribution < -0.4 is 4.74 Å². The van der Waals surface area contributed by atoms with Crippen molar-refractivity contribution in [2.75, 3.05) is 0 Å². The van der Waals surface area contributed by atoms with Gasteiger partial charge in [-0.15, -0.1) is 0 Å². The topological polar surface area (TPSA) is 68.4 Å². The fourth-order valence-electron chi connectivity index (χ4n) is 1.95. The van der Waals surface area contributed by atoms with Gasteiger partial charge in [0.2, 0.25) is 0 Å². The molecule has 1 atom stereocenters. The molecule has 2 aromatic rings. The van der Waals surface area contributed by atoms with E-state index in [9.17, 15) is 5.11 Å². The molecule has 0 amide bonds. The lowest BCUT2D eigenvalue weighted by Crippen LogP contribution is -1.98. The summed E-state index contributed by atoms with van der Waals surface area (Å²) < 4.78 is 10.7. The predicted molar refractivity (Wildman–Crippen MR) is 78.9 cm³/mol. The van der Waals surface area contributed by atoms with Crippen LogP contribution in [-0.4, -0.2) is 15.2 Å². The number of nitrogens with zero attached hydrogens (tertiary/aromatic N) is 2. The van der Waals surface area contributed by atoms with E-state index in [0.717, 1.165) is 36.4 Å². The van der Waals surface area contributed by atoms with Crippen molar-refractivity contribution in [2.24, 2.45) is 0 Å². The van der Waals surface area contributed by atoms with Gasteiger partial charge in [-0.25, -0.2) is 0 Å². The summed E-state index contributed by atoms with van der Waals surface area (Å²) >= 11 is 0. The number of aliphatic hydroxyl groups is 1. The van der Waals surface area contributed by atoms with E-state index in [1.54, 1.807) is 0 Å². The lowest BCUT2D eigenvalue weighted by atomic mass is 10.1. The third-order valence-corrected chi connectivity index (χ3v) is 3.28. The van der Waals surface area contributed by atoms with E-state index < -0.39 is 6.10 Å². The summed E-state index contributed by atoms with van der Waals surface area (Å²) in [7, 11) is 0. The molecule has 1 unspecified atom stereocenters. The number of aryl methyl sites for hydroxylation is 1. The van der Waals surface area contributed by atoms with E-state index in [1.807, 2.05) is 31.2 Å². The molecule has 0 spiro atoms. The molecule has 1 heterocycles. The number of aromatic nitrogens is 2. The van der Waals surface area contributed by atoms with Gasteiger partial charge in [-0.1, -0.05) is 37.6 Å². The van der Waals surface area contributed by atoms with Crippen LogP contribution in [0.3, 0.4) is 0 Å². The second kappa shape index (κ2) is 7.78. The quantitative estimate of drug-likeness (QED) is 0.806. The fourth-order valence-corrected chi connectivity index (χ4v) is 1.95. The monoisotopic (exact) mass is 290 g/mol. The third kappa shape index (κ3) is 4.56. The summed E-state index contributed by atoms with van der Waals surface area (Å²) in [6, 6.07) is 7.40. The molecular formula is C16H22N2O3. The van der Waals surface area contributed by atoms with Crippen LogP contribution >= 0.6 is 0 Å². The molecule has 0 bridgehead atoms. The van der Waals surface area contributed by atoms with Crippen molar-refractivity contribution in [3.05, 3.63) is 41.5 Å². The average molecular weight is 290 g/mol. The largest absolute Gasteiger partial charge is 0.484 e. The van der Waals surface area contributed by atoms with E-state index in [4.69, 9.17) is 9.26 Å². The van der Waals surface area contributed by atoms with E-state index in [1.165, 1.54) is 0 Å². The second-order valence-electron chi connectivity index (χ2n) is 4.99. The summed E-state index contributed by atoms with van der Waals surface area (Å²) in [6.07, 6.45) is 3.28. The van der Waals surface area contributed by atoms with Gasteiger partial charge < -0.3 is 14.4 Å². The Balaban J connectivity index is 1.86. The van der Waals surface area contributed by atoms with Gasteiger partial charge in [0.25, 0.3) is 5.89 Å². The number of rotatable bonds is 8. The highest BCUT2D eigenvalue weighted by Gasteiger charge is 2.08. The Morgan fingerprint density at radius 1 is 1.24 bits per heavy atom. The molecule has 0 aliphatic rings. The number of hydrogen-bond donors (Lipinski definition) is 1. The van der Waals surface area contributed by atoms with Crippen molar-refractivity contribution in [3.63, 3.8) is 0 Å². The van der Waals surface area contributed by atoms with Gasteiger partial charge in [0.05, 0.1) is 6.10 Å². The number of aliphatic hydroxyl groups excluding tert-OH is 1. The van der Waals surface area contributed by atoms with Gasteiger partial charge in [-0.2, -0.15) is 4.98 Å². The minimum Gasteiger partial charge on any atom is -0.484 e. The Morgan fingerprint density at radius 2 is 2.00 bits per heavy atom. The molecule has 0 saturated carbocycles. The molecule has 114 valence electrons. The molecule has 1 aromatic heterocycles. The molecule has 5 nitrogen and oxygen atoms in total. The number of hydrogen-bond acceptors (Lipinski definition) is 5. The van der Waals surface area contributed by atoms with Gasteiger partial charge in [-0.05, 0) is 30.5 Å². The number of benzene rings is 1. The smallest absolute Gasteiger partial charge is 0.264 e. The fraction of sp³-hybridized carbons (Fsp3) is 0.500. The zero-order valence-corrected chi connectivity index (χ0v) is 12.6. The summed E-state index contributed by atoms with van der Waals surface area (Å²) in [4.78, 5) is 4.28. The van der Waals surface area contributed by atoms with Crippen LogP contribution in [0.5, 0.6) is 5.75 Å². The van der Waals surface area contributed by atoms with Crippen molar-refractivity contribution in [3.8, 4) is 5.75 Å². The Bertz CT molecular complexity index is 537. The maximum atomic E-state index is 9.73. The summed E-state index contributed by atoms with van der Waals surface area (Å²) in [5.41, 5.74) is 0.893. The van der Waals surface area contributed by atoms with Crippen LogP contribution in [0.4, 0.5) is 0 Å². The first-order valence-corrected chi connectivity index (χ1v) is 7.45. The highest BCUT2D eigenvalue weighted by Crippen LogP contribution is 2.20. The minimum absolute atomic E-state index is 0.259. The molecule has 0 aliphatic carbocycles. The predicted octanol–water partition coefficient (Wildman–Crippen LogP) is 3.43. The molecule has 0 radical (unpaired) electrons. The Kier molecular flexibility index (Phi) is 5.75. The van der Waals surface area contributed by atoms with Gasteiger partial charge in [-0.3, -0.25) is 0 Å². The summed E-state index contributed by atoms with van der Waals surface area (Å²) in [5, 5.41) is 13.6. The SMILES string of the molecule is CCCCc1noc(COc2ccc(C(O)CC)cc2)n1.